The number of carboxylic acids is 1. The van der Waals surface area contributed by atoms with Crippen molar-refractivity contribution in [1.82, 2.24) is 24.8 Å². The van der Waals surface area contributed by atoms with Crippen molar-refractivity contribution in [2.45, 2.75) is 25.8 Å². The van der Waals surface area contributed by atoms with Gasteiger partial charge >= 0.3 is 5.97 Å². The van der Waals surface area contributed by atoms with Gasteiger partial charge in [-0.2, -0.15) is 5.10 Å². The molecule has 1 aliphatic rings. The second kappa shape index (κ2) is 3.87. The average Bonchev–Trinajstić information content (AvgIpc) is 2.97. The average molecular weight is 263 g/mol. The van der Waals surface area contributed by atoms with Crippen LogP contribution in [0.3, 0.4) is 0 Å². The van der Waals surface area contributed by atoms with Crippen LogP contribution in [0.15, 0.2) is 11.0 Å². The summed E-state index contributed by atoms with van der Waals surface area (Å²) in [6.45, 7) is 0.302. The van der Waals surface area contributed by atoms with E-state index in [1.165, 1.54) is 15.6 Å². The molecule has 0 aromatic carbocycles. The first-order valence-corrected chi connectivity index (χ1v) is 5.98. The summed E-state index contributed by atoms with van der Waals surface area (Å²) in [5.74, 6) is -0.846. The first-order valence-electron chi connectivity index (χ1n) is 5.98. The van der Waals surface area contributed by atoms with Crippen LogP contribution in [0.2, 0.25) is 0 Å². The molecule has 0 aliphatic heterocycles. The molecule has 0 spiro atoms. The zero-order valence-corrected chi connectivity index (χ0v) is 10.4. The number of hydrogen-bond acceptors (Lipinski definition) is 5. The fraction of sp³-hybridized carbons (Fsp3) is 0.545. The fourth-order valence-electron chi connectivity index (χ4n) is 2.29. The van der Waals surface area contributed by atoms with Gasteiger partial charge in [-0.05, 0) is 12.8 Å². The highest BCUT2D eigenvalue weighted by molar-refractivity contribution is 5.72. The number of nitrogens with zero attached hydrogens (tertiary/aromatic N) is 5. The van der Waals surface area contributed by atoms with Gasteiger partial charge in [0.25, 0.3) is 5.56 Å². The normalized spacial score (nSPS) is 16.7. The zero-order valence-electron chi connectivity index (χ0n) is 10.4. The summed E-state index contributed by atoms with van der Waals surface area (Å²) in [5, 5.41) is 21.1. The molecule has 100 valence electrons. The topological polar surface area (TPSA) is 103 Å². The number of aromatic nitrogens is 5. The van der Waals surface area contributed by atoms with Crippen LogP contribution in [0.1, 0.15) is 19.3 Å². The van der Waals surface area contributed by atoms with Crippen LogP contribution in [0.5, 0.6) is 0 Å². The van der Waals surface area contributed by atoms with Crippen LogP contribution in [-0.4, -0.2) is 35.9 Å². The molecule has 1 N–H and O–H groups in total. The Labute approximate surface area is 107 Å². The van der Waals surface area contributed by atoms with Gasteiger partial charge in [0, 0.05) is 12.5 Å². The summed E-state index contributed by atoms with van der Waals surface area (Å²) >= 11 is 0. The molecule has 2 aromatic heterocycles. The van der Waals surface area contributed by atoms with Crippen molar-refractivity contribution in [2.24, 2.45) is 12.5 Å². The number of aliphatic carboxylic acids is 1. The van der Waals surface area contributed by atoms with Gasteiger partial charge < -0.3 is 5.11 Å². The molecule has 0 unspecified atom stereocenters. The Morgan fingerprint density at radius 3 is 2.89 bits per heavy atom. The third-order valence-corrected chi connectivity index (χ3v) is 3.59. The van der Waals surface area contributed by atoms with Crippen molar-refractivity contribution < 1.29 is 9.90 Å². The molecule has 0 radical (unpaired) electrons. The van der Waals surface area contributed by atoms with E-state index in [0.29, 0.717) is 17.6 Å². The molecule has 0 atom stereocenters. The molecule has 0 amide bonds. The Morgan fingerprint density at radius 2 is 2.26 bits per heavy atom. The van der Waals surface area contributed by atoms with Gasteiger partial charge in [-0.1, -0.05) is 5.21 Å². The zero-order chi connectivity index (χ0) is 13.6. The molecule has 2 heterocycles. The Bertz CT molecular complexity index is 713. The van der Waals surface area contributed by atoms with Crippen LogP contribution < -0.4 is 5.56 Å². The summed E-state index contributed by atoms with van der Waals surface area (Å²) in [5.41, 5.74) is -0.167. The third-order valence-electron chi connectivity index (χ3n) is 3.59. The Kier molecular flexibility index (Phi) is 2.41. The van der Waals surface area contributed by atoms with Crippen molar-refractivity contribution in [1.29, 1.82) is 0 Å². The van der Waals surface area contributed by atoms with Crippen LogP contribution in [-0.2, 0) is 18.4 Å². The summed E-state index contributed by atoms with van der Waals surface area (Å²) in [7, 11) is 1.69. The lowest BCUT2D eigenvalue weighted by Gasteiger charge is -2.12. The van der Waals surface area contributed by atoms with Gasteiger partial charge in [0.05, 0.1) is 19.2 Å². The Balaban J connectivity index is 1.96. The Hall–Kier alpha value is -2.25. The third kappa shape index (κ3) is 1.98. The molecule has 0 saturated heterocycles. The van der Waals surface area contributed by atoms with E-state index in [4.69, 9.17) is 5.11 Å². The van der Waals surface area contributed by atoms with Crippen molar-refractivity contribution in [2.75, 3.05) is 0 Å². The SMILES string of the molecule is Cn1ncc2c(=O)n(CC3(CC(=O)O)CC3)nnc21. The van der Waals surface area contributed by atoms with Crippen molar-refractivity contribution >= 4 is 17.0 Å². The molecule has 1 aliphatic carbocycles. The molecule has 8 nitrogen and oxygen atoms in total. The minimum absolute atomic E-state index is 0.0617. The minimum atomic E-state index is -0.846. The van der Waals surface area contributed by atoms with Gasteiger partial charge in [0.1, 0.15) is 5.39 Å². The maximum absolute atomic E-state index is 12.2. The second-order valence-corrected chi connectivity index (χ2v) is 5.13. The summed E-state index contributed by atoms with van der Waals surface area (Å²) < 4.78 is 2.73. The second-order valence-electron chi connectivity index (χ2n) is 5.13. The van der Waals surface area contributed by atoms with Gasteiger partial charge in [-0.3, -0.25) is 9.59 Å². The predicted octanol–water partition coefficient (Wildman–Crippen LogP) is -0.220. The molecular weight excluding hydrogens is 250 g/mol. The van der Waals surface area contributed by atoms with E-state index in [-0.39, 0.29) is 17.4 Å². The number of fused-ring (bicyclic) bond motifs is 1. The van der Waals surface area contributed by atoms with E-state index in [9.17, 15) is 9.59 Å². The van der Waals surface area contributed by atoms with Crippen LogP contribution >= 0.6 is 0 Å². The van der Waals surface area contributed by atoms with Crippen LogP contribution in [0.4, 0.5) is 0 Å². The van der Waals surface area contributed by atoms with Crippen molar-refractivity contribution in [3.8, 4) is 0 Å². The lowest BCUT2D eigenvalue weighted by atomic mass is 10.0. The van der Waals surface area contributed by atoms with Gasteiger partial charge in [0.15, 0.2) is 5.65 Å². The van der Waals surface area contributed by atoms with E-state index in [2.05, 4.69) is 15.4 Å². The van der Waals surface area contributed by atoms with Crippen LogP contribution in [0, 0.1) is 5.41 Å². The van der Waals surface area contributed by atoms with E-state index < -0.39 is 5.97 Å². The number of aryl methyl sites for hydroxylation is 1. The van der Waals surface area contributed by atoms with Gasteiger partial charge in [0.2, 0.25) is 0 Å². The summed E-state index contributed by atoms with van der Waals surface area (Å²) in [4.78, 5) is 23.0. The highest BCUT2D eigenvalue weighted by Gasteiger charge is 2.45. The first-order chi connectivity index (χ1) is 9.01. The summed E-state index contributed by atoms with van der Waals surface area (Å²) in [6.07, 6.45) is 3.13. The lowest BCUT2D eigenvalue weighted by molar-refractivity contribution is -0.138. The number of hydrogen-bond donors (Lipinski definition) is 1. The van der Waals surface area contributed by atoms with Crippen molar-refractivity contribution in [3.05, 3.63) is 16.6 Å². The molecular formula is C11H13N5O3. The van der Waals surface area contributed by atoms with Gasteiger partial charge in [-0.25, -0.2) is 9.36 Å². The highest BCUT2D eigenvalue weighted by atomic mass is 16.4. The first kappa shape index (κ1) is 11.8. The van der Waals surface area contributed by atoms with E-state index in [1.54, 1.807) is 7.05 Å². The molecule has 0 bridgehead atoms. The largest absolute Gasteiger partial charge is 0.481 e. The molecule has 1 fully saturated rings. The fourth-order valence-corrected chi connectivity index (χ4v) is 2.29. The van der Waals surface area contributed by atoms with E-state index in [1.807, 2.05) is 0 Å². The maximum Gasteiger partial charge on any atom is 0.303 e. The van der Waals surface area contributed by atoms with Gasteiger partial charge in [-0.15, -0.1) is 5.10 Å². The smallest absolute Gasteiger partial charge is 0.303 e. The minimum Gasteiger partial charge on any atom is -0.481 e. The molecule has 8 heteroatoms. The number of carbonyl (C=O) groups is 1. The maximum atomic E-state index is 12.2. The standard InChI is InChI=1S/C11H13N5O3/c1-15-9-7(5-12-15)10(19)16(14-13-9)6-11(2-3-11)4-8(17)18/h5H,2-4,6H2,1H3,(H,17,18). The van der Waals surface area contributed by atoms with Crippen LogP contribution in [0.25, 0.3) is 11.0 Å². The van der Waals surface area contributed by atoms with E-state index >= 15 is 0 Å². The number of carboxylic acid groups (broad SMARTS) is 1. The Morgan fingerprint density at radius 1 is 1.53 bits per heavy atom. The summed E-state index contributed by atoms with van der Waals surface area (Å²) in [6, 6.07) is 0. The lowest BCUT2D eigenvalue weighted by Crippen LogP contribution is -2.29. The quantitative estimate of drug-likeness (QED) is 0.818. The molecule has 2 aromatic rings. The predicted molar refractivity (Wildman–Crippen MR) is 64.5 cm³/mol. The van der Waals surface area contributed by atoms with Crippen molar-refractivity contribution in [3.63, 3.8) is 0 Å². The molecule has 1 saturated carbocycles. The molecule has 3 rings (SSSR count). The van der Waals surface area contributed by atoms with E-state index in [0.717, 1.165) is 12.8 Å². The number of rotatable bonds is 4. The highest BCUT2D eigenvalue weighted by Crippen LogP contribution is 2.49. The molecule has 19 heavy (non-hydrogen) atoms. The monoisotopic (exact) mass is 263 g/mol.